The summed E-state index contributed by atoms with van der Waals surface area (Å²) >= 11 is 1.74. The van der Waals surface area contributed by atoms with Crippen molar-refractivity contribution in [2.24, 2.45) is 11.7 Å². The molecule has 1 fully saturated rings. The Hall–Kier alpha value is -0.250. The smallest absolute Gasteiger partial charge is 0.160 e. The fourth-order valence-electron chi connectivity index (χ4n) is 1.04. The average molecular weight is 162 g/mol. The van der Waals surface area contributed by atoms with Gasteiger partial charge in [0.05, 0.1) is 0 Å². The van der Waals surface area contributed by atoms with Crippen LogP contribution in [0.25, 0.3) is 0 Å². The number of hydrogen-bond acceptors (Lipinski definition) is 2. The monoisotopic (exact) mass is 162 g/mol. The largest absolute Gasteiger partial charge is 0.385 e. The minimum Gasteiger partial charge on any atom is -0.385 e. The molecule has 2 unspecified atom stereocenters. The summed E-state index contributed by atoms with van der Waals surface area (Å²) in [6, 6.07) is 0. The number of nitrogens with two attached hydrogens (primary N) is 1. The second-order valence-corrected chi connectivity index (χ2v) is 3.63. The number of thioether (sulfide) groups is 1. The molecule has 2 nitrogen and oxygen atoms in total. The van der Waals surface area contributed by atoms with Crippen molar-refractivity contribution in [1.29, 1.82) is 5.41 Å². The van der Waals surface area contributed by atoms with Gasteiger partial charge in [-0.25, -0.2) is 4.39 Å². The van der Waals surface area contributed by atoms with Crippen molar-refractivity contribution in [3.63, 3.8) is 0 Å². The van der Waals surface area contributed by atoms with E-state index in [9.17, 15) is 4.39 Å². The standard InChI is InChI=1S/C6H11FN2S/c7-5(6(8)9)4-1-2-10-3-4/h4-5H,1-3H2,(H3,8,9). The zero-order valence-electron chi connectivity index (χ0n) is 5.64. The molecule has 0 aromatic carbocycles. The van der Waals surface area contributed by atoms with E-state index in [1.54, 1.807) is 11.8 Å². The molecule has 3 N–H and O–H groups in total. The van der Waals surface area contributed by atoms with Crippen LogP contribution in [-0.4, -0.2) is 23.5 Å². The lowest BCUT2D eigenvalue weighted by Crippen LogP contribution is -2.30. The Balaban J connectivity index is 2.39. The Bertz CT molecular complexity index is 134. The third-order valence-corrected chi connectivity index (χ3v) is 2.86. The molecular weight excluding hydrogens is 151 g/mol. The molecule has 1 rings (SSSR count). The predicted octanol–water partition coefficient (Wildman–Crippen LogP) is 1.01. The molecule has 0 radical (unpaired) electrons. The van der Waals surface area contributed by atoms with Gasteiger partial charge in [0, 0.05) is 5.92 Å². The summed E-state index contributed by atoms with van der Waals surface area (Å²) < 4.78 is 12.9. The number of alkyl halides is 1. The second kappa shape index (κ2) is 3.23. The van der Waals surface area contributed by atoms with Gasteiger partial charge in [-0.3, -0.25) is 5.41 Å². The first-order valence-corrected chi connectivity index (χ1v) is 4.43. The molecule has 0 amide bonds. The SMILES string of the molecule is N=C(N)C(F)C1CCSC1. The van der Waals surface area contributed by atoms with E-state index in [0.717, 1.165) is 17.9 Å². The molecule has 0 saturated carbocycles. The maximum absolute atomic E-state index is 12.9. The van der Waals surface area contributed by atoms with Crippen molar-refractivity contribution in [1.82, 2.24) is 0 Å². The van der Waals surface area contributed by atoms with E-state index in [2.05, 4.69) is 0 Å². The Morgan fingerprint density at radius 3 is 2.90 bits per heavy atom. The summed E-state index contributed by atoms with van der Waals surface area (Å²) in [5.41, 5.74) is 5.01. The van der Waals surface area contributed by atoms with Crippen molar-refractivity contribution in [3.05, 3.63) is 0 Å². The van der Waals surface area contributed by atoms with Gasteiger partial charge in [0.2, 0.25) is 0 Å². The maximum atomic E-state index is 12.9. The molecular formula is C6H11FN2S. The molecule has 1 aliphatic rings. The maximum Gasteiger partial charge on any atom is 0.160 e. The molecule has 1 saturated heterocycles. The minimum atomic E-state index is -1.20. The number of halogens is 1. The summed E-state index contributed by atoms with van der Waals surface area (Å²) in [5, 5.41) is 6.86. The van der Waals surface area contributed by atoms with Gasteiger partial charge in [0.25, 0.3) is 0 Å². The zero-order valence-corrected chi connectivity index (χ0v) is 6.46. The van der Waals surface area contributed by atoms with Crippen molar-refractivity contribution in [2.45, 2.75) is 12.6 Å². The fourth-order valence-corrected chi connectivity index (χ4v) is 2.31. The Kier molecular flexibility index (Phi) is 2.54. The highest BCUT2D eigenvalue weighted by Gasteiger charge is 2.26. The summed E-state index contributed by atoms with van der Waals surface area (Å²) in [6.07, 6.45) is -0.333. The molecule has 4 heteroatoms. The van der Waals surface area contributed by atoms with Crippen LogP contribution >= 0.6 is 11.8 Å². The van der Waals surface area contributed by atoms with E-state index >= 15 is 0 Å². The first kappa shape index (κ1) is 7.85. The molecule has 0 aromatic heterocycles. The third kappa shape index (κ3) is 1.62. The van der Waals surface area contributed by atoms with Crippen LogP contribution in [0.4, 0.5) is 4.39 Å². The van der Waals surface area contributed by atoms with Gasteiger partial charge >= 0.3 is 0 Å². The molecule has 10 heavy (non-hydrogen) atoms. The van der Waals surface area contributed by atoms with Gasteiger partial charge in [-0.05, 0) is 17.9 Å². The van der Waals surface area contributed by atoms with E-state index in [1.807, 2.05) is 0 Å². The molecule has 1 aliphatic heterocycles. The Labute approximate surface area is 63.9 Å². The van der Waals surface area contributed by atoms with Gasteiger partial charge in [-0.2, -0.15) is 11.8 Å². The summed E-state index contributed by atoms with van der Waals surface area (Å²) in [5.74, 6) is 1.52. The van der Waals surface area contributed by atoms with E-state index in [-0.39, 0.29) is 11.8 Å². The Morgan fingerprint density at radius 1 is 1.80 bits per heavy atom. The molecule has 58 valence electrons. The third-order valence-electron chi connectivity index (χ3n) is 1.68. The molecule has 0 bridgehead atoms. The van der Waals surface area contributed by atoms with Crippen LogP contribution in [0.3, 0.4) is 0 Å². The molecule has 0 aromatic rings. The van der Waals surface area contributed by atoms with Crippen LogP contribution < -0.4 is 5.73 Å². The van der Waals surface area contributed by atoms with E-state index in [0.29, 0.717) is 0 Å². The molecule has 0 spiro atoms. The predicted molar refractivity (Wildman–Crippen MR) is 42.2 cm³/mol. The fraction of sp³-hybridized carbons (Fsp3) is 0.833. The second-order valence-electron chi connectivity index (χ2n) is 2.48. The quantitative estimate of drug-likeness (QED) is 0.470. The first-order chi connectivity index (χ1) is 4.72. The molecule has 0 aliphatic carbocycles. The van der Waals surface area contributed by atoms with Gasteiger partial charge in [0.1, 0.15) is 5.84 Å². The lowest BCUT2D eigenvalue weighted by atomic mass is 10.0. The summed E-state index contributed by atoms with van der Waals surface area (Å²) in [6.45, 7) is 0. The number of amidine groups is 1. The topological polar surface area (TPSA) is 49.9 Å². The lowest BCUT2D eigenvalue weighted by Gasteiger charge is -2.11. The van der Waals surface area contributed by atoms with Crippen LogP contribution in [0.1, 0.15) is 6.42 Å². The van der Waals surface area contributed by atoms with Gasteiger partial charge in [-0.15, -0.1) is 0 Å². The van der Waals surface area contributed by atoms with Crippen LogP contribution in [0.5, 0.6) is 0 Å². The summed E-state index contributed by atoms with van der Waals surface area (Å²) in [7, 11) is 0. The van der Waals surface area contributed by atoms with Crippen molar-refractivity contribution in [3.8, 4) is 0 Å². The van der Waals surface area contributed by atoms with Gasteiger partial charge in [-0.1, -0.05) is 0 Å². The summed E-state index contributed by atoms with van der Waals surface area (Å²) in [4.78, 5) is 0. The highest BCUT2D eigenvalue weighted by molar-refractivity contribution is 7.99. The highest BCUT2D eigenvalue weighted by Crippen LogP contribution is 2.27. The average Bonchev–Trinajstić information content (AvgIpc) is 2.36. The van der Waals surface area contributed by atoms with Crippen LogP contribution in [0, 0.1) is 11.3 Å². The van der Waals surface area contributed by atoms with Crippen LogP contribution in [0.15, 0.2) is 0 Å². The van der Waals surface area contributed by atoms with Crippen LogP contribution in [0.2, 0.25) is 0 Å². The lowest BCUT2D eigenvalue weighted by molar-refractivity contribution is 0.320. The van der Waals surface area contributed by atoms with E-state index in [4.69, 9.17) is 11.1 Å². The van der Waals surface area contributed by atoms with Crippen molar-refractivity contribution >= 4 is 17.6 Å². The zero-order chi connectivity index (χ0) is 7.56. The molecule has 2 atom stereocenters. The highest BCUT2D eigenvalue weighted by atomic mass is 32.2. The van der Waals surface area contributed by atoms with Gasteiger partial charge < -0.3 is 5.73 Å². The van der Waals surface area contributed by atoms with Crippen molar-refractivity contribution < 1.29 is 4.39 Å². The normalized spacial score (nSPS) is 28.3. The Morgan fingerprint density at radius 2 is 2.50 bits per heavy atom. The van der Waals surface area contributed by atoms with Crippen LogP contribution in [-0.2, 0) is 0 Å². The van der Waals surface area contributed by atoms with Gasteiger partial charge in [0.15, 0.2) is 6.17 Å². The molecule has 1 heterocycles. The van der Waals surface area contributed by atoms with E-state index in [1.165, 1.54) is 0 Å². The first-order valence-electron chi connectivity index (χ1n) is 3.27. The van der Waals surface area contributed by atoms with E-state index < -0.39 is 6.17 Å². The van der Waals surface area contributed by atoms with Crippen molar-refractivity contribution in [2.75, 3.05) is 11.5 Å². The number of hydrogen-bond donors (Lipinski definition) is 2. The minimum absolute atomic E-state index is 0.00231. The number of rotatable bonds is 2. The number of nitrogens with one attached hydrogen (secondary N) is 1.